The topological polar surface area (TPSA) is 53.4 Å². The first-order valence-electron chi connectivity index (χ1n) is 3.95. The predicted octanol–water partition coefficient (Wildman–Crippen LogP) is 0.806. The van der Waals surface area contributed by atoms with Gasteiger partial charge < -0.3 is 10.2 Å². The second-order valence-corrected chi connectivity index (χ2v) is 2.79. The highest BCUT2D eigenvalue weighted by Gasteiger charge is 2.06. The summed E-state index contributed by atoms with van der Waals surface area (Å²) < 4.78 is 0. The lowest BCUT2D eigenvalue weighted by Crippen LogP contribution is -2.02. The van der Waals surface area contributed by atoms with Gasteiger partial charge in [0, 0.05) is 19.2 Å². The van der Waals surface area contributed by atoms with Crippen LogP contribution in [0.5, 0.6) is 0 Å². The van der Waals surface area contributed by atoms with E-state index in [1.807, 2.05) is 13.0 Å². The van der Waals surface area contributed by atoms with Crippen molar-refractivity contribution in [2.75, 3.05) is 6.61 Å². The third kappa shape index (κ3) is 2.29. The fourth-order valence-corrected chi connectivity index (χ4v) is 0.947. The minimum Gasteiger partial charge on any atom is -0.396 e. The molecule has 0 bridgehead atoms. The second-order valence-electron chi connectivity index (χ2n) is 2.79. The molecule has 0 radical (unpaired) electrons. The molecule has 1 atom stereocenters. The molecule has 0 saturated carbocycles. The highest BCUT2D eigenvalue weighted by molar-refractivity contribution is 5.13. The smallest absolute Gasteiger partial charge is 0.0981 e. The van der Waals surface area contributed by atoms with E-state index in [0.717, 1.165) is 5.56 Å². The number of pyridine rings is 1. The van der Waals surface area contributed by atoms with E-state index in [1.54, 1.807) is 12.3 Å². The summed E-state index contributed by atoms with van der Waals surface area (Å²) in [6, 6.07) is 3.67. The lowest BCUT2D eigenvalue weighted by atomic mass is 10.1. The van der Waals surface area contributed by atoms with Crippen molar-refractivity contribution >= 4 is 0 Å². The van der Waals surface area contributed by atoms with Crippen LogP contribution in [0.25, 0.3) is 0 Å². The van der Waals surface area contributed by atoms with Gasteiger partial charge >= 0.3 is 0 Å². The van der Waals surface area contributed by atoms with Crippen molar-refractivity contribution in [1.29, 1.82) is 0 Å². The zero-order valence-electron chi connectivity index (χ0n) is 7.07. The maximum absolute atomic E-state index is 9.39. The fourth-order valence-electron chi connectivity index (χ4n) is 0.947. The zero-order chi connectivity index (χ0) is 8.97. The van der Waals surface area contributed by atoms with Crippen LogP contribution >= 0.6 is 0 Å². The van der Waals surface area contributed by atoms with E-state index in [4.69, 9.17) is 5.11 Å². The fraction of sp³-hybridized carbons (Fsp3) is 0.444. The standard InChI is InChI=1S/C9H13NO2/c1-7-2-3-8(10-6-7)9(12)4-5-11/h2-3,6,9,11-12H,4-5H2,1H3. The number of aliphatic hydroxyl groups is 2. The molecule has 66 valence electrons. The summed E-state index contributed by atoms with van der Waals surface area (Å²) in [6.07, 6.45) is 1.40. The normalized spacial score (nSPS) is 12.9. The Balaban J connectivity index is 2.68. The molecular formula is C9H13NO2. The van der Waals surface area contributed by atoms with Gasteiger partial charge in [-0.2, -0.15) is 0 Å². The van der Waals surface area contributed by atoms with Gasteiger partial charge in [-0.05, 0) is 18.6 Å². The molecule has 0 saturated heterocycles. The number of aromatic nitrogens is 1. The molecule has 1 aromatic heterocycles. The summed E-state index contributed by atoms with van der Waals surface area (Å²) in [7, 11) is 0. The van der Waals surface area contributed by atoms with Crippen molar-refractivity contribution in [3.8, 4) is 0 Å². The second kappa shape index (κ2) is 4.18. The predicted molar refractivity (Wildman–Crippen MR) is 45.6 cm³/mol. The van der Waals surface area contributed by atoms with Crippen LogP contribution in [-0.4, -0.2) is 21.8 Å². The summed E-state index contributed by atoms with van der Waals surface area (Å²) in [5.41, 5.74) is 1.68. The van der Waals surface area contributed by atoms with E-state index in [0.29, 0.717) is 12.1 Å². The van der Waals surface area contributed by atoms with Crippen molar-refractivity contribution in [3.63, 3.8) is 0 Å². The Kier molecular flexibility index (Phi) is 3.19. The van der Waals surface area contributed by atoms with Crippen molar-refractivity contribution in [2.45, 2.75) is 19.4 Å². The lowest BCUT2D eigenvalue weighted by Gasteiger charge is -2.07. The van der Waals surface area contributed by atoms with E-state index >= 15 is 0 Å². The summed E-state index contributed by atoms with van der Waals surface area (Å²) in [6.45, 7) is 1.92. The van der Waals surface area contributed by atoms with Crippen molar-refractivity contribution in [3.05, 3.63) is 29.6 Å². The van der Waals surface area contributed by atoms with Gasteiger partial charge in [0.25, 0.3) is 0 Å². The Morgan fingerprint density at radius 3 is 2.75 bits per heavy atom. The number of nitrogens with zero attached hydrogens (tertiary/aromatic N) is 1. The van der Waals surface area contributed by atoms with Crippen molar-refractivity contribution in [1.82, 2.24) is 4.98 Å². The molecule has 1 unspecified atom stereocenters. The maximum atomic E-state index is 9.39. The van der Waals surface area contributed by atoms with Crippen LogP contribution in [0.1, 0.15) is 23.8 Å². The Morgan fingerprint density at radius 1 is 1.50 bits per heavy atom. The third-order valence-corrected chi connectivity index (χ3v) is 1.68. The quantitative estimate of drug-likeness (QED) is 0.700. The maximum Gasteiger partial charge on any atom is 0.0981 e. The number of hydrogen-bond donors (Lipinski definition) is 2. The highest BCUT2D eigenvalue weighted by atomic mass is 16.3. The van der Waals surface area contributed by atoms with Gasteiger partial charge in [0.15, 0.2) is 0 Å². The van der Waals surface area contributed by atoms with Gasteiger partial charge in [-0.15, -0.1) is 0 Å². The Labute approximate surface area is 71.7 Å². The molecule has 0 aromatic carbocycles. The van der Waals surface area contributed by atoms with E-state index in [1.165, 1.54) is 0 Å². The van der Waals surface area contributed by atoms with Crippen LogP contribution in [0, 0.1) is 6.92 Å². The minimum atomic E-state index is -0.643. The molecule has 1 heterocycles. The highest BCUT2D eigenvalue weighted by Crippen LogP contribution is 2.12. The van der Waals surface area contributed by atoms with Crippen molar-refractivity contribution < 1.29 is 10.2 Å². The Hall–Kier alpha value is -0.930. The van der Waals surface area contributed by atoms with Crippen LogP contribution in [0.3, 0.4) is 0 Å². The monoisotopic (exact) mass is 167 g/mol. The van der Waals surface area contributed by atoms with E-state index in [9.17, 15) is 5.11 Å². The van der Waals surface area contributed by atoms with Crippen LogP contribution in [0.4, 0.5) is 0 Å². The molecule has 0 aliphatic carbocycles. The number of aryl methyl sites for hydroxylation is 1. The summed E-state index contributed by atoms with van der Waals surface area (Å²) in [5, 5.41) is 18.0. The van der Waals surface area contributed by atoms with Gasteiger partial charge in [-0.3, -0.25) is 4.98 Å². The van der Waals surface area contributed by atoms with Crippen molar-refractivity contribution in [2.24, 2.45) is 0 Å². The Bertz CT molecular complexity index is 233. The first-order valence-corrected chi connectivity index (χ1v) is 3.95. The first kappa shape index (κ1) is 9.16. The number of aliphatic hydroxyl groups excluding tert-OH is 2. The van der Waals surface area contributed by atoms with Crippen LogP contribution in [-0.2, 0) is 0 Å². The Morgan fingerprint density at radius 2 is 2.25 bits per heavy atom. The molecule has 3 nitrogen and oxygen atoms in total. The van der Waals surface area contributed by atoms with Gasteiger partial charge in [0.2, 0.25) is 0 Å². The van der Waals surface area contributed by atoms with Gasteiger partial charge in [-0.1, -0.05) is 6.07 Å². The molecular weight excluding hydrogens is 154 g/mol. The molecule has 0 aliphatic rings. The van der Waals surface area contributed by atoms with Crippen LogP contribution < -0.4 is 0 Å². The van der Waals surface area contributed by atoms with Crippen LogP contribution in [0.15, 0.2) is 18.3 Å². The van der Waals surface area contributed by atoms with Gasteiger partial charge in [-0.25, -0.2) is 0 Å². The average molecular weight is 167 g/mol. The largest absolute Gasteiger partial charge is 0.396 e. The van der Waals surface area contributed by atoms with Gasteiger partial charge in [0.1, 0.15) is 0 Å². The summed E-state index contributed by atoms with van der Waals surface area (Å²) >= 11 is 0. The molecule has 0 fully saturated rings. The van der Waals surface area contributed by atoms with E-state index < -0.39 is 6.10 Å². The number of hydrogen-bond acceptors (Lipinski definition) is 3. The van der Waals surface area contributed by atoms with Crippen LogP contribution in [0.2, 0.25) is 0 Å². The molecule has 0 aliphatic heterocycles. The van der Waals surface area contributed by atoms with Gasteiger partial charge in [0.05, 0.1) is 11.8 Å². The molecule has 0 amide bonds. The molecule has 3 heteroatoms. The zero-order valence-corrected chi connectivity index (χ0v) is 7.07. The molecule has 1 aromatic rings. The average Bonchev–Trinajstić information content (AvgIpc) is 2.06. The minimum absolute atomic E-state index is 0.0171. The first-order chi connectivity index (χ1) is 5.74. The van der Waals surface area contributed by atoms with E-state index in [-0.39, 0.29) is 6.61 Å². The third-order valence-electron chi connectivity index (χ3n) is 1.68. The lowest BCUT2D eigenvalue weighted by molar-refractivity contribution is 0.130. The summed E-state index contributed by atoms with van der Waals surface area (Å²) in [4.78, 5) is 4.04. The summed E-state index contributed by atoms with van der Waals surface area (Å²) in [5.74, 6) is 0. The number of rotatable bonds is 3. The molecule has 1 rings (SSSR count). The SMILES string of the molecule is Cc1ccc(C(O)CCO)nc1. The molecule has 12 heavy (non-hydrogen) atoms. The molecule has 2 N–H and O–H groups in total. The molecule has 0 spiro atoms. The van der Waals surface area contributed by atoms with E-state index in [2.05, 4.69) is 4.98 Å².